The number of carbonyl (C=O) groups is 1. The summed E-state index contributed by atoms with van der Waals surface area (Å²) in [5, 5.41) is 8.52. The van der Waals surface area contributed by atoms with Crippen LogP contribution in [0.4, 0.5) is 0 Å². The summed E-state index contributed by atoms with van der Waals surface area (Å²) < 4.78 is 5.62. The molecule has 7 nitrogen and oxygen atoms in total. The van der Waals surface area contributed by atoms with Crippen LogP contribution in [-0.4, -0.2) is 49.8 Å². The molecule has 0 spiro atoms. The van der Waals surface area contributed by atoms with Gasteiger partial charge in [0, 0.05) is 25.9 Å². The molecule has 25 heavy (non-hydrogen) atoms. The van der Waals surface area contributed by atoms with Gasteiger partial charge in [0.2, 0.25) is 11.8 Å². The highest BCUT2D eigenvalue weighted by atomic mass is 32.2. The number of fused-ring (bicyclic) bond motifs is 1. The van der Waals surface area contributed by atoms with Gasteiger partial charge in [-0.2, -0.15) is 0 Å². The topological polar surface area (TPSA) is 87.9 Å². The lowest BCUT2D eigenvalue weighted by atomic mass is 10.3. The molecule has 0 unspecified atom stereocenters. The van der Waals surface area contributed by atoms with Gasteiger partial charge >= 0.3 is 0 Å². The van der Waals surface area contributed by atoms with Gasteiger partial charge < -0.3 is 14.3 Å². The van der Waals surface area contributed by atoms with E-state index >= 15 is 0 Å². The molecule has 4 rings (SSSR count). The lowest BCUT2D eigenvalue weighted by molar-refractivity contribution is -0.127. The van der Waals surface area contributed by atoms with Crippen LogP contribution in [0.1, 0.15) is 24.6 Å². The van der Waals surface area contributed by atoms with Crippen LogP contribution in [0.2, 0.25) is 0 Å². The number of aromatic nitrogens is 4. The summed E-state index contributed by atoms with van der Waals surface area (Å²) in [6.07, 6.45) is 3.52. The highest BCUT2D eigenvalue weighted by Gasteiger charge is 2.19. The number of carbonyl (C=O) groups excluding carboxylic acids is 1. The maximum Gasteiger partial charge on any atom is 0.277 e. The molecule has 3 aromatic rings. The molecule has 1 amide bonds. The Bertz CT molecular complexity index is 836. The van der Waals surface area contributed by atoms with Crippen LogP contribution < -0.4 is 0 Å². The van der Waals surface area contributed by atoms with Crippen molar-refractivity contribution in [1.29, 1.82) is 0 Å². The average molecular weight is 357 g/mol. The monoisotopic (exact) mass is 357 g/mol. The minimum Gasteiger partial charge on any atom is -0.416 e. The van der Waals surface area contributed by atoms with E-state index in [2.05, 4.69) is 20.2 Å². The molecule has 0 aliphatic carbocycles. The van der Waals surface area contributed by atoms with Crippen LogP contribution in [0.25, 0.3) is 11.0 Å². The molecule has 0 bridgehead atoms. The first kappa shape index (κ1) is 16.1. The van der Waals surface area contributed by atoms with Crippen LogP contribution in [-0.2, 0) is 17.6 Å². The van der Waals surface area contributed by atoms with Crippen molar-refractivity contribution in [2.45, 2.75) is 30.9 Å². The number of para-hydroxylation sites is 2. The van der Waals surface area contributed by atoms with E-state index in [1.54, 1.807) is 0 Å². The van der Waals surface area contributed by atoms with Gasteiger partial charge in [-0.1, -0.05) is 23.9 Å². The second-order valence-corrected chi connectivity index (χ2v) is 6.97. The Labute approximate surface area is 149 Å². The first-order chi connectivity index (χ1) is 12.3. The SMILES string of the molecule is O=C(CSc1nnc(CCc2nc3ccccc3[nH]2)o1)N1CCCC1. The molecule has 1 fully saturated rings. The number of H-pyrrole nitrogens is 1. The number of aromatic amines is 1. The number of amides is 1. The Kier molecular flexibility index (Phi) is 4.69. The van der Waals surface area contributed by atoms with Gasteiger partial charge in [0.1, 0.15) is 5.82 Å². The zero-order valence-electron chi connectivity index (χ0n) is 13.8. The highest BCUT2D eigenvalue weighted by molar-refractivity contribution is 7.99. The molecule has 0 radical (unpaired) electrons. The van der Waals surface area contributed by atoms with Crippen LogP contribution in [0.15, 0.2) is 33.9 Å². The number of benzene rings is 1. The molecule has 1 aliphatic heterocycles. The van der Waals surface area contributed by atoms with Gasteiger partial charge in [-0.3, -0.25) is 4.79 Å². The summed E-state index contributed by atoms with van der Waals surface area (Å²) in [6.45, 7) is 1.73. The van der Waals surface area contributed by atoms with E-state index in [-0.39, 0.29) is 5.91 Å². The first-order valence-corrected chi connectivity index (χ1v) is 9.43. The second-order valence-electron chi connectivity index (χ2n) is 6.04. The smallest absolute Gasteiger partial charge is 0.277 e. The van der Waals surface area contributed by atoms with E-state index in [0.29, 0.717) is 29.7 Å². The van der Waals surface area contributed by atoms with Crippen molar-refractivity contribution in [3.8, 4) is 0 Å². The summed E-state index contributed by atoms with van der Waals surface area (Å²) in [7, 11) is 0. The minimum atomic E-state index is 0.143. The molecule has 2 aromatic heterocycles. The number of likely N-dealkylation sites (tertiary alicyclic amines) is 1. The Morgan fingerprint density at radius 3 is 2.88 bits per heavy atom. The molecule has 3 heterocycles. The molecule has 1 aromatic carbocycles. The number of imidazole rings is 1. The van der Waals surface area contributed by atoms with Crippen LogP contribution >= 0.6 is 11.8 Å². The molecular weight excluding hydrogens is 338 g/mol. The predicted molar refractivity (Wildman–Crippen MR) is 94.3 cm³/mol. The average Bonchev–Trinajstić information content (AvgIpc) is 3.38. The maximum atomic E-state index is 12.0. The Morgan fingerprint density at radius 2 is 2.04 bits per heavy atom. The third kappa shape index (κ3) is 3.84. The zero-order valence-corrected chi connectivity index (χ0v) is 14.6. The van der Waals surface area contributed by atoms with E-state index in [1.165, 1.54) is 11.8 Å². The summed E-state index contributed by atoms with van der Waals surface area (Å²) in [6, 6.07) is 7.94. The zero-order chi connectivity index (χ0) is 17.1. The maximum absolute atomic E-state index is 12.0. The number of nitrogens with zero attached hydrogens (tertiary/aromatic N) is 4. The number of thioether (sulfide) groups is 1. The normalized spacial score (nSPS) is 14.5. The van der Waals surface area contributed by atoms with Gasteiger partial charge in [-0.25, -0.2) is 4.98 Å². The third-order valence-electron chi connectivity index (χ3n) is 4.24. The number of aryl methyl sites for hydroxylation is 2. The molecule has 1 N–H and O–H groups in total. The van der Waals surface area contributed by atoms with Crippen LogP contribution in [0, 0.1) is 0 Å². The third-order valence-corrected chi connectivity index (χ3v) is 5.04. The van der Waals surface area contributed by atoms with Gasteiger partial charge in [-0.05, 0) is 25.0 Å². The summed E-state index contributed by atoms with van der Waals surface area (Å²) >= 11 is 1.31. The Morgan fingerprint density at radius 1 is 1.20 bits per heavy atom. The Hall–Kier alpha value is -2.35. The fraction of sp³-hybridized carbons (Fsp3) is 0.412. The van der Waals surface area contributed by atoms with Crippen LogP contribution in [0.5, 0.6) is 0 Å². The standard InChI is InChI=1S/C17H19N5O2S/c23-16(22-9-3-4-10-22)11-25-17-21-20-15(24-17)8-7-14-18-12-5-1-2-6-13(12)19-14/h1-2,5-6H,3-4,7-11H2,(H,18,19). The van der Waals surface area contributed by atoms with Crippen molar-refractivity contribution in [3.05, 3.63) is 36.0 Å². The van der Waals surface area contributed by atoms with E-state index in [9.17, 15) is 4.79 Å². The van der Waals surface area contributed by atoms with Crippen LogP contribution in [0.3, 0.4) is 0 Å². The largest absolute Gasteiger partial charge is 0.416 e. The van der Waals surface area contributed by atoms with E-state index < -0.39 is 0 Å². The van der Waals surface area contributed by atoms with E-state index in [0.717, 1.165) is 42.8 Å². The molecule has 0 atom stereocenters. The minimum absolute atomic E-state index is 0.143. The quantitative estimate of drug-likeness (QED) is 0.682. The van der Waals surface area contributed by atoms with Crippen molar-refractivity contribution in [3.63, 3.8) is 0 Å². The number of nitrogens with one attached hydrogen (secondary N) is 1. The van der Waals surface area contributed by atoms with Gasteiger partial charge in [0.15, 0.2) is 0 Å². The number of rotatable bonds is 6. The van der Waals surface area contributed by atoms with Gasteiger partial charge in [-0.15, -0.1) is 10.2 Å². The number of hydrogen-bond acceptors (Lipinski definition) is 6. The first-order valence-electron chi connectivity index (χ1n) is 8.44. The lowest BCUT2D eigenvalue weighted by Crippen LogP contribution is -2.29. The molecule has 130 valence electrons. The molecule has 0 saturated carbocycles. The fourth-order valence-electron chi connectivity index (χ4n) is 2.93. The molecular formula is C17H19N5O2S. The second kappa shape index (κ2) is 7.26. The molecule has 1 saturated heterocycles. The van der Waals surface area contributed by atoms with Crippen molar-refractivity contribution in [2.75, 3.05) is 18.8 Å². The van der Waals surface area contributed by atoms with E-state index in [4.69, 9.17) is 4.42 Å². The fourth-order valence-corrected chi connectivity index (χ4v) is 3.61. The summed E-state index contributed by atoms with van der Waals surface area (Å²) in [4.78, 5) is 21.7. The highest BCUT2D eigenvalue weighted by Crippen LogP contribution is 2.19. The van der Waals surface area contributed by atoms with Crippen molar-refractivity contribution in [2.24, 2.45) is 0 Å². The van der Waals surface area contributed by atoms with Crippen molar-refractivity contribution < 1.29 is 9.21 Å². The summed E-state index contributed by atoms with van der Waals surface area (Å²) in [5.41, 5.74) is 1.99. The molecule has 8 heteroatoms. The Balaban J connectivity index is 1.29. The van der Waals surface area contributed by atoms with Gasteiger partial charge in [0.05, 0.1) is 16.8 Å². The van der Waals surface area contributed by atoms with Crippen molar-refractivity contribution in [1.82, 2.24) is 25.1 Å². The molecule has 1 aliphatic rings. The number of hydrogen-bond donors (Lipinski definition) is 1. The summed E-state index contributed by atoms with van der Waals surface area (Å²) in [5.74, 6) is 1.96. The van der Waals surface area contributed by atoms with Gasteiger partial charge in [0.25, 0.3) is 5.22 Å². The van der Waals surface area contributed by atoms with E-state index in [1.807, 2.05) is 29.2 Å². The predicted octanol–water partition coefficient (Wildman–Crippen LogP) is 2.45. The van der Waals surface area contributed by atoms with Crippen molar-refractivity contribution >= 4 is 28.7 Å². The lowest BCUT2D eigenvalue weighted by Gasteiger charge is -2.13.